The van der Waals surface area contributed by atoms with E-state index in [0.717, 1.165) is 55.5 Å². The number of carbonyl (C=O) groups is 2. The maximum Gasteiger partial charge on any atom is 0.322 e. The molecule has 1 aromatic rings. The van der Waals surface area contributed by atoms with E-state index in [9.17, 15) is 9.59 Å². The van der Waals surface area contributed by atoms with E-state index in [2.05, 4.69) is 26.0 Å². The van der Waals surface area contributed by atoms with Gasteiger partial charge in [0.15, 0.2) is 5.96 Å². The first kappa shape index (κ1) is 22.4. The fourth-order valence-electron chi connectivity index (χ4n) is 3.82. The number of aromatic nitrogens is 1. The predicted octanol–water partition coefficient (Wildman–Crippen LogP) is 1.69. The SMILES string of the molecule is CCNC(=NCc1c(C)noc1C)N1CCC(C2(C)NC(=O)NC2=O)CC1.I. The van der Waals surface area contributed by atoms with E-state index in [4.69, 9.17) is 9.52 Å². The number of halogens is 1. The zero-order chi connectivity index (χ0) is 19.6. The lowest BCUT2D eigenvalue weighted by Gasteiger charge is -2.39. The van der Waals surface area contributed by atoms with E-state index < -0.39 is 11.6 Å². The Morgan fingerprint density at radius 1 is 1.36 bits per heavy atom. The molecule has 1 unspecified atom stereocenters. The summed E-state index contributed by atoms with van der Waals surface area (Å²) in [7, 11) is 0. The number of rotatable bonds is 4. The number of likely N-dealkylation sites (tertiary alicyclic amines) is 1. The number of aliphatic imine (C=N–C) groups is 1. The standard InChI is InChI=1S/C18H28N6O3.HI/c1-5-19-16(20-10-14-11(2)23-27-12(14)3)24-8-6-13(7-9-24)18(4)15(25)21-17(26)22-18;/h13H,5-10H2,1-4H3,(H,19,20)(H2,21,22,25,26);1H. The second-order valence-electron chi connectivity index (χ2n) is 7.34. The minimum absolute atomic E-state index is 0. The van der Waals surface area contributed by atoms with E-state index in [-0.39, 0.29) is 35.8 Å². The van der Waals surface area contributed by atoms with Crippen LogP contribution in [0, 0.1) is 19.8 Å². The van der Waals surface area contributed by atoms with E-state index in [1.165, 1.54) is 0 Å². The number of hydrogen-bond donors (Lipinski definition) is 3. The molecule has 2 fully saturated rings. The maximum absolute atomic E-state index is 12.2. The number of aryl methyl sites for hydroxylation is 2. The Labute approximate surface area is 182 Å². The van der Waals surface area contributed by atoms with Crippen LogP contribution in [0.4, 0.5) is 4.79 Å². The van der Waals surface area contributed by atoms with Crippen LogP contribution in [0.2, 0.25) is 0 Å². The van der Waals surface area contributed by atoms with Crippen molar-refractivity contribution in [1.29, 1.82) is 0 Å². The lowest BCUT2D eigenvalue weighted by molar-refractivity contribution is -0.125. The van der Waals surface area contributed by atoms with Gasteiger partial charge in [0.05, 0.1) is 12.2 Å². The Morgan fingerprint density at radius 2 is 2.04 bits per heavy atom. The van der Waals surface area contributed by atoms with Crippen LogP contribution >= 0.6 is 24.0 Å². The van der Waals surface area contributed by atoms with Crippen LogP contribution in [0.15, 0.2) is 9.52 Å². The summed E-state index contributed by atoms with van der Waals surface area (Å²) in [6, 6.07) is -0.403. The molecule has 1 aromatic heterocycles. The maximum atomic E-state index is 12.2. The molecule has 9 nitrogen and oxygen atoms in total. The third kappa shape index (κ3) is 4.41. The van der Waals surface area contributed by atoms with Gasteiger partial charge in [-0.05, 0) is 46.5 Å². The summed E-state index contributed by atoms with van der Waals surface area (Å²) in [6.07, 6.45) is 1.61. The first-order chi connectivity index (χ1) is 12.8. The molecule has 2 aliphatic heterocycles. The molecule has 3 heterocycles. The van der Waals surface area contributed by atoms with Gasteiger partial charge in [-0.25, -0.2) is 9.79 Å². The first-order valence-electron chi connectivity index (χ1n) is 9.43. The molecule has 156 valence electrons. The highest BCUT2D eigenvalue weighted by atomic mass is 127. The number of imide groups is 1. The lowest BCUT2D eigenvalue weighted by Crippen LogP contribution is -2.55. The number of nitrogens with one attached hydrogen (secondary N) is 3. The zero-order valence-electron chi connectivity index (χ0n) is 16.8. The summed E-state index contributed by atoms with van der Waals surface area (Å²) in [6.45, 7) is 10.5. The highest BCUT2D eigenvalue weighted by Gasteiger charge is 2.48. The normalized spacial score (nSPS) is 23.3. The molecular formula is C18H29IN6O3. The highest BCUT2D eigenvalue weighted by molar-refractivity contribution is 14.0. The Balaban J connectivity index is 0.00000280. The van der Waals surface area contributed by atoms with Gasteiger partial charge in [-0.3, -0.25) is 10.1 Å². The van der Waals surface area contributed by atoms with Crippen molar-refractivity contribution >= 4 is 41.9 Å². The predicted molar refractivity (Wildman–Crippen MR) is 116 cm³/mol. The molecule has 0 radical (unpaired) electrons. The molecule has 0 saturated carbocycles. The van der Waals surface area contributed by atoms with Crippen molar-refractivity contribution in [2.24, 2.45) is 10.9 Å². The molecule has 2 saturated heterocycles. The Bertz CT molecular complexity index is 737. The lowest BCUT2D eigenvalue weighted by atomic mass is 9.79. The molecule has 10 heteroatoms. The number of guanidine groups is 1. The molecule has 0 aromatic carbocycles. The third-order valence-corrected chi connectivity index (χ3v) is 5.59. The van der Waals surface area contributed by atoms with Crippen molar-refractivity contribution in [3.05, 3.63) is 17.0 Å². The average molecular weight is 504 g/mol. The van der Waals surface area contributed by atoms with Crippen LogP contribution in [0.5, 0.6) is 0 Å². The largest absolute Gasteiger partial charge is 0.361 e. The minimum atomic E-state index is -0.824. The number of nitrogens with zero attached hydrogens (tertiary/aromatic N) is 3. The van der Waals surface area contributed by atoms with Crippen molar-refractivity contribution in [3.63, 3.8) is 0 Å². The van der Waals surface area contributed by atoms with E-state index in [1.54, 1.807) is 0 Å². The van der Waals surface area contributed by atoms with Crippen LogP contribution in [-0.2, 0) is 11.3 Å². The van der Waals surface area contributed by atoms with Gasteiger partial charge < -0.3 is 20.1 Å². The van der Waals surface area contributed by atoms with Gasteiger partial charge in [0.2, 0.25) is 0 Å². The van der Waals surface area contributed by atoms with Crippen molar-refractivity contribution < 1.29 is 14.1 Å². The van der Waals surface area contributed by atoms with Gasteiger partial charge in [-0.1, -0.05) is 5.16 Å². The van der Waals surface area contributed by atoms with Crippen LogP contribution in [-0.4, -0.2) is 53.1 Å². The van der Waals surface area contributed by atoms with Gasteiger partial charge >= 0.3 is 6.03 Å². The number of carbonyl (C=O) groups excluding carboxylic acids is 2. The van der Waals surface area contributed by atoms with Gasteiger partial charge in [0.25, 0.3) is 5.91 Å². The summed E-state index contributed by atoms with van der Waals surface area (Å²) >= 11 is 0. The van der Waals surface area contributed by atoms with Crippen LogP contribution < -0.4 is 16.0 Å². The molecule has 28 heavy (non-hydrogen) atoms. The number of amides is 3. The molecule has 0 spiro atoms. The van der Waals surface area contributed by atoms with Crippen LogP contribution in [0.25, 0.3) is 0 Å². The molecule has 0 bridgehead atoms. The Hall–Kier alpha value is -1.85. The van der Waals surface area contributed by atoms with Crippen molar-refractivity contribution in [2.75, 3.05) is 19.6 Å². The van der Waals surface area contributed by atoms with Crippen LogP contribution in [0.3, 0.4) is 0 Å². The number of urea groups is 1. The zero-order valence-corrected chi connectivity index (χ0v) is 19.1. The molecule has 3 rings (SSSR count). The quantitative estimate of drug-likeness (QED) is 0.249. The van der Waals surface area contributed by atoms with Crippen LogP contribution in [0.1, 0.15) is 43.7 Å². The van der Waals surface area contributed by atoms with Crippen molar-refractivity contribution in [3.8, 4) is 0 Å². The molecule has 3 amide bonds. The first-order valence-corrected chi connectivity index (χ1v) is 9.43. The molecule has 1 atom stereocenters. The monoisotopic (exact) mass is 504 g/mol. The average Bonchev–Trinajstić information content (AvgIpc) is 3.10. The summed E-state index contributed by atoms with van der Waals surface area (Å²) in [5, 5.41) is 12.5. The fourth-order valence-corrected chi connectivity index (χ4v) is 3.82. The molecule has 3 N–H and O–H groups in total. The van der Waals surface area contributed by atoms with Gasteiger partial charge in [0, 0.05) is 25.2 Å². The Morgan fingerprint density at radius 3 is 2.54 bits per heavy atom. The van der Waals surface area contributed by atoms with E-state index >= 15 is 0 Å². The van der Waals surface area contributed by atoms with Crippen molar-refractivity contribution in [2.45, 2.75) is 52.6 Å². The van der Waals surface area contributed by atoms with Gasteiger partial charge in [0.1, 0.15) is 11.3 Å². The van der Waals surface area contributed by atoms with Gasteiger partial charge in [-0.2, -0.15) is 0 Å². The number of hydrogen-bond acceptors (Lipinski definition) is 5. The summed E-state index contributed by atoms with van der Waals surface area (Å²) in [5.74, 6) is 1.51. The summed E-state index contributed by atoms with van der Waals surface area (Å²) in [5.41, 5.74) is 1.05. The third-order valence-electron chi connectivity index (χ3n) is 5.59. The molecule has 0 aliphatic carbocycles. The summed E-state index contributed by atoms with van der Waals surface area (Å²) in [4.78, 5) is 30.6. The summed E-state index contributed by atoms with van der Waals surface area (Å²) < 4.78 is 5.21. The fraction of sp³-hybridized carbons (Fsp3) is 0.667. The second kappa shape index (κ2) is 9.10. The second-order valence-corrected chi connectivity index (χ2v) is 7.34. The topological polar surface area (TPSA) is 112 Å². The Kier molecular flexibility index (Phi) is 7.29. The van der Waals surface area contributed by atoms with E-state index in [1.807, 2.05) is 27.7 Å². The smallest absolute Gasteiger partial charge is 0.322 e. The van der Waals surface area contributed by atoms with Gasteiger partial charge in [-0.15, -0.1) is 24.0 Å². The molecular weight excluding hydrogens is 475 g/mol. The highest BCUT2D eigenvalue weighted by Crippen LogP contribution is 2.30. The minimum Gasteiger partial charge on any atom is -0.361 e. The number of piperidine rings is 1. The molecule has 2 aliphatic rings. The van der Waals surface area contributed by atoms with Crippen molar-refractivity contribution in [1.82, 2.24) is 26.0 Å². The van der Waals surface area contributed by atoms with E-state index in [0.29, 0.717) is 6.54 Å².